The first-order valence-corrected chi connectivity index (χ1v) is 5.50. The number of hydrogen-bond acceptors (Lipinski definition) is 0. The van der Waals surface area contributed by atoms with Gasteiger partial charge >= 0.3 is 0 Å². The van der Waals surface area contributed by atoms with E-state index in [0.717, 1.165) is 23.7 Å². The summed E-state index contributed by atoms with van der Waals surface area (Å²) in [4.78, 5) is 0. The van der Waals surface area contributed by atoms with Crippen molar-refractivity contribution < 1.29 is 0 Å². The fourth-order valence-corrected chi connectivity index (χ4v) is 4.06. The highest BCUT2D eigenvalue weighted by Crippen LogP contribution is 2.63. The van der Waals surface area contributed by atoms with E-state index in [1.807, 2.05) is 11.1 Å². The second-order valence-electron chi connectivity index (χ2n) is 4.93. The van der Waals surface area contributed by atoms with Gasteiger partial charge in [0, 0.05) is 0 Å². The molecule has 13 heavy (non-hydrogen) atoms. The molecule has 0 saturated heterocycles. The van der Waals surface area contributed by atoms with Gasteiger partial charge in [-0.15, -0.1) is 0 Å². The molecule has 4 atom stereocenters. The minimum atomic E-state index is 0.931. The summed E-state index contributed by atoms with van der Waals surface area (Å²) in [5, 5.41) is 0. The van der Waals surface area contributed by atoms with Crippen molar-refractivity contribution in [2.45, 2.75) is 19.3 Å². The van der Waals surface area contributed by atoms with E-state index in [2.05, 4.69) is 24.3 Å². The minimum absolute atomic E-state index is 0.931. The molecule has 66 valence electrons. The molecule has 0 aromatic carbocycles. The molecule has 4 aliphatic carbocycles. The number of hydrogen-bond donors (Lipinski definition) is 0. The van der Waals surface area contributed by atoms with Crippen molar-refractivity contribution >= 4 is 0 Å². The zero-order valence-corrected chi connectivity index (χ0v) is 7.74. The molecule has 4 aliphatic rings. The van der Waals surface area contributed by atoms with E-state index in [1.54, 1.807) is 0 Å². The molecule has 0 heterocycles. The maximum atomic E-state index is 2.48. The Morgan fingerprint density at radius 1 is 0.846 bits per heavy atom. The van der Waals surface area contributed by atoms with Crippen LogP contribution in [0.4, 0.5) is 0 Å². The van der Waals surface area contributed by atoms with E-state index in [1.165, 1.54) is 19.3 Å². The molecule has 4 unspecified atom stereocenters. The molecule has 0 heteroatoms. The lowest BCUT2D eigenvalue weighted by Gasteiger charge is -2.44. The minimum Gasteiger partial charge on any atom is -0.0845 e. The molecule has 1 fully saturated rings. The molecular formula is C13H14. The summed E-state index contributed by atoms with van der Waals surface area (Å²) in [5.74, 6) is 3.82. The van der Waals surface area contributed by atoms with Crippen LogP contribution in [0.2, 0.25) is 0 Å². The van der Waals surface area contributed by atoms with Crippen molar-refractivity contribution in [2.24, 2.45) is 23.7 Å². The fraction of sp³-hybridized carbons (Fsp3) is 0.538. The van der Waals surface area contributed by atoms with Crippen molar-refractivity contribution in [1.82, 2.24) is 0 Å². The van der Waals surface area contributed by atoms with Crippen LogP contribution in [0.1, 0.15) is 19.3 Å². The van der Waals surface area contributed by atoms with Crippen molar-refractivity contribution in [3.8, 4) is 0 Å². The number of fused-ring (bicyclic) bond motifs is 7. The molecule has 0 aliphatic heterocycles. The highest BCUT2D eigenvalue weighted by Gasteiger charge is 2.53. The van der Waals surface area contributed by atoms with Gasteiger partial charge in [-0.25, -0.2) is 0 Å². The van der Waals surface area contributed by atoms with Gasteiger partial charge in [0.25, 0.3) is 0 Å². The van der Waals surface area contributed by atoms with Gasteiger partial charge in [0.05, 0.1) is 0 Å². The summed E-state index contributed by atoms with van der Waals surface area (Å²) >= 11 is 0. The average Bonchev–Trinajstić information content (AvgIpc) is 2.68. The van der Waals surface area contributed by atoms with Gasteiger partial charge < -0.3 is 0 Å². The molecule has 0 aromatic rings. The molecule has 0 N–H and O–H groups in total. The summed E-state index contributed by atoms with van der Waals surface area (Å²) in [6, 6.07) is 0. The second-order valence-corrected chi connectivity index (χ2v) is 4.93. The van der Waals surface area contributed by atoms with Crippen LogP contribution in [-0.2, 0) is 0 Å². The summed E-state index contributed by atoms with van der Waals surface area (Å²) in [6.07, 6.45) is 13.7. The Balaban J connectivity index is 1.79. The first-order chi connectivity index (χ1) is 6.45. The van der Waals surface area contributed by atoms with Crippen LogP contribution in [0.3, 0.4) is 0 Å². The molecule has 0 aromatic heterocycles. The summed E-state index contributed by atoms with van der Waals surface area (Å²) in [6.45, 7) is 0. The lowest BCUT2D eigenvalue weighted by Crippen LogP contribution is -2.34. The van der Waals surface area contributed by atoms with Gasteiger partial charge in [0.1, 0.15) is 0 Å². The van der Waals surface area contributed by atoms with Crippen LogP contribution < -0.4 is 0 Å². The SMILES string of the molecule is C1=CCC2=C(C1)C1C3C=CC(C3)C21. The maximum absolute atomic E-state index is 2.48. The Morgan fingerprint density at radius 2 is 1.38 bits per heavy atom. The Morgan fingerprint density at radius 3 is 1.92 bits per heavy atom. The molecular weight excluding hydrogens is 156 g/mol. The van der Waals surface area contributed by atoms with Crippen LogP contribution in [0.5, 0.6) is 0 Å². The Bertz CT molecular complexity index is 324. The van der Waals surface area contributed by atoms with Gasteiger partial charge in [-0.1, -0.05) is 35.5 Å². The third-order valence-corrected chi connectivity index (χ3v) is 4.52. The zero-order valence-electron chi connectivity index (χ0n) is 7.74. The molecule has 0 nitrogen and oxygen atoms in total. The van der Waals surface area contributed by atoms with Crippen LogP contribution in [0, 0.1) is 23.7 Å². The van der Waals surface area contributed by atoms with E-state index < -0.39 is 0 Å². The van der Waals surface area contributed by atoms with Crippen molar-refractivity contribution in [1.29, 1.82) is 0 Å². The van der Waals surface area contributed by atoms with Gasteiger partial charge in [0.15, 0.2) is 0 Å². The van der Waals surface area contributed by atoms with Crippen LogP contribution in [0.15, 0.2) is 35.5 Å². The summed E-state index contributed by atoms with van der Waals surface area (Å²) < 4.78 is 0. The number of rotatable bonds is 0. The highest BCUT2D eigenvalue weighted by atomic mass is 14.6. The summed E-state index contributed by atoms with van der Waals surface area (Å²) in [7, 11) is 0. The summed E-state index contributed by atoms with van der Waals surface area (Å²) in [5.41, 5.74) is 3.65. The van der Waals surface area contributed by atoms with E-state index in [0.29, 0.717) is 0 Å². The molecule has 4 rings (SSSR count). The lowest BCUT2D eigenvalue weighted by atomic mass is 9.60. The van der Waals surface area contributed by atoms with Crippen LogP contribution >= 0.6 is 0 Å². The maximum Gasteiger partial charge on any atom is -0.00625 e. The average molecular weight is 170 g/mol. The lowest BCUT2D eigenvalue weighted by molar-refractivity contribution is 0.326. The van der Waals surface area contributed by atoms with Crippen molar-refractivity contribution in [3.05, 3.63) is 35.5 Å². The standard InChI is InChI=1S/C13H14/c1-2-4-11-10(3-1)12-8-5-6-9(7-8)13(11)12/h1-2,5-6,8-9,12-13H,3-4,7H2. The zero-order chi connectivity index (χ0) is 8.41. The van der Waals surface area contributed by atoms with Gasteiger partial charge in [-0.3, -0.25) is 0 Å². The molecule has 0 radical (unpaired) electrons. The predicted molar refractivity (Wildman–Crippen MR) is 53.1 cm³/mol. The molecule has 0 spiro atoms. The third kappa shape index (κ3) is 0.620. The molecule has 0 amide bonds. The van der Waals surface area contributed by atoms with Gasteiger partial charge in [-0.2, -0.15) is 0 Å². The van der Waals surface area contributed by atoms with Gasteiger partial charge in [0.2, 0.25) is 0 Å². The normalized spacial score (nSPS) is 49.2. The fourth-order valence-electron chi connectivity index (χ4n) is 4.06. The predicted octanol–water partition coefficient (Wildman–Crippen LogP) is 3.08. The molecule has 2 bridgehead atoms. The molecule has 1 saturated carbocycles. The Hall–Kier alpha value is -0.780. The van der Waals surface area contributed by atoms with E-state index in [-0.39, 0.29) is 0 Å². The highest BCUT2D eigenvalue weighted by molar-refractivity contribution is 5.45. The largest absolute Gasteiger partial charge is 0.0845 e. The van der Waals surface area contributed by atoms with E-state index in [4.69, 9.17) is 0 Å². The Labute approximate surface area is 79.0 Å². The topological polar surface area (TPSA) is 0 Å². The third-order valence-electron chi connectivity index (χ3n) is 4.52. The van der Waals surface area contributed by atoms with Crippen molar-refractivity contribution in [3.63, 3.8) is 0 Å². The number of allylic oxidation sites excluding steroid dienone is 6. The first-order valence-electron chi connectivity index (χ1n) is 5.50. The van der Waals surface area contributed by atoms with Crippen LogP contribution in [0.25, 0.3) is 0 Å². The van der Waals surface area contributed by atoms with Crippen LogP contribution in [-0.4, -0.2) is 0 Å². The van der Waals surface area contributed by atoms with E-state index >= 15 is 0 Å². The quantitative estimate of drug-likeness (QED) is 0.490. The van der Waals surface area contributed by atoms with Gasteiger partial charge in [-0.05, 0) is 42.9 Å². The van der Waals surface area contributed by atoms with Crippen molar-refractivity contribution in [2.75, 3.05) is 0 Å². The smallest absolute Gasteiger partial charge is 0.00625 e. The first kappa shape index (κ1) is 6.64. The monoisotopic (exact) mass is 170 g/mol. The second kappa shape index (κ2) is 2.00. The Kier molecular flexibility index (Phi) is 1.02. The van der Waals surface area contributed by atoms with E-state index in [9.17, 15) is 0 Å².